The molecule has 0 spiro atoms. The Kier molecular flexibility index (Phi) is 4.13. The van der Waals surface area contributed by atoms with Gasteiger partial charge in [0.25, 0.3) is 0 Å². The summed E-state index contributed by atoms with van der Waals surface area (Å²) in [6.45, 7) is 4.69. The van der Waals surface area contributed by atoms with E-state index < -0.39 is 0 Å². The molecule has 1 aromatic rings. The second-order valence-electron chi connectivity index (χ2n) is 5.93. The molecule has 3 rings (SSSR count). The molecule has 1 aromatic carbocycles. The molecular weight excluding hydrogens is 252 g/mol. The van der Waals surface area contributed by atoms with Gasteiger partial charge in [0.15, 0.2) is 11.5 Å². The molecule has 0 amide bonds. The number of hydrogen-bond acceptors (Lipinski definition) is 4. The fourth-order valence-electron chi connectivity index (χ4n) is 3.04. The first-order chi connectivity index (χ1) is 9.72. The molecule has 4 heteroatoms. The highest BCUT2D eigenvalue weighted by atomic mass is 16.6. The van der Waals surface area contributed by atoms with Crippen molar-refractivity contribution >= 4 is 0 Å². The topological polar surface area (TPSA) is 24.9 Å². The normalized spacial score (nSPS) is 20.4. The van der Waals surface area contributed by atoms with Gasteiger partial charge >= 0.3 is 0 Å². The van der Waals surface area contributed by atoms with E-state index in [4.69, 9.17) is 9.47 Å². The number of rotatable bonds is 3. The van der Waals surface area contributed by atoms with E-state index in [9.17, 15) is 0 Å². The molecule has 0 unspecified atom stereocenters. The Morgan fingerprint density at radius 2 is 1.85 bits per heavy atom. The highest BCUT2D eigenvalue weighted by Crippen LogP contribution is 2.31. The van der Waals surface area contributed by atoms with E-state index in [-0.39, 0.29) is 0 Å². The fourth-order valence-corrected chi connectivity index (χ4v) is 3.04. The number of fused-ring (bicyclic) bond motifs is 1. The van der Waals surface area contributed by atoms with Gasteiger partial charge in [0.2, 0.25) is 0 Å². The Balaban J connectivity index is 1.62. The minimum absolute atomic E-state index is 0.654. The van der Waals surface area contributed by atoms with Crippen LogP contribution in [-0.4, -0.2) is 56.2 Å². The quantitative estimate of drug-likeness (QED) is 0.843. The highest BCUT2D eigenvalue weighted by Gasteiger charge is 2.21. The molecule has 2 aliphatic rings. The molecule has 0 N–H and O–H groups in total. The van der Waals surface area contributed by atoms with Crippen LogP contribution in [0.2, 0.25) is 0 Å². The van der Waals surface area contributed by atoms with Gasteiger partial charge in [0.1, 0.15) is 13.2 Å². The maximum Gasteiger partial charge on any atom is 0.161 e. The van der Waals surface area contributed by atoms with Gasteiger partial charge in [-0.25, -0.2) is 0 Å². The molecule has 0 aromatic heterocycles. The Hall–Kier alpha value is -1.26. The molecule has 0 atom stereocenters. The van der Waals surface area contributed by atoms with Gasteiger partial charge in [-0.05, 0) is 57.7 Å². The van der Waals surface area contributed by atoms with Gasteiger partial charge < -0.3 is 14.4 Å². The fraction of sp³-hybridized carbons (Fsp3) is 0.625. The van der Waals surface area contributed by atoms with E-state index in [0.717, 1.165) is 18.0 Å². The summed E-state index contributed by atoms with van der Waals surface area (Å²) in [7, 11) is 4.43. The lowest BCUT2D eigenvalue weighted by atomic mass is 10.0. The molecule has 0 aliphatic carbocycles. The summed E-state index contributed by atoms with van der Waals surface area (Å²) in [5, 5.41) is 0. The van der Waals surface area contributed by atoms with Crippen molar-refractivity contribution in [2.24, 2.45) is 0 Å². The third-order valence-corrected chi connectivity index (χ3v) is 4.35. The Labute approximate surface area is 121 Å². The zero-order valence-electron chi connectivity index (χ0n) is 12.5. The number of hydrogen-bond donors (Lipinski definition) is 0. The maximum atomic E-state index is 5.66. The monoisotopic (exact) mass is 276 g/mol. The van der Waals surface area contributed by atoms with Crippen molar-refractivity contribution in [1.82, 2.24) is 9.80 Å². The number of nitrogens with zero attached hydrogens (tertiary/aromatic N) is 2. The van der Waals surface area contributed by atoms with Crippen LogP contribution in [0.3, 0.4) is 0 Å². The number of benzene rings is 1. The second-order valence-corrected chi connectivity index (χ2v) is 5.93. The largest absolute Gasteiger partial charge is 0.486 e. The van der Waals surface area contributed by atoms with Gasteiger partial charge in [0, 0.05) is 12.6 Å². The molecule has 2 heterocycles. The molecule has 1 saturated heterocycles. The van der Waals surface area contributed by atoms with Crippen molar-refractivity contribution in [3.8, 4) is 11.5 Å². The second kappa shape index (κ2) is 6.02. The van der Waals surface area contributed by atoms with Crippen LogP contribution in [0.1, 0.15) is 18.4 Å². The van der Waals surface area contributed by atoms with Crippen molar-refractivity contribution in [2.75, 3.05) is 40.4 Å². The highest BCUT2D eigenvalue weighted by molar-refractivity contribution is 5.43. The van der Waals surface area contributed by atoms with E-state index >= 15 is 0 Å². The van der Waals surface area contributed by atoms with Crippen LogP contribution in [0.4, 0.5) is 0 Å². The Morgan fingerprint density at radius 3 is 2.60 bits per heavy atom. The zero-order chi connectivity index (χ0) is 13.9. The third kappa shape index (κ3) is 3.07. The van der Waals surface area contributed by atoms with E-state index in [2.05, 4.69) is 36.0 Å². The van der Waals surface area contributed by atoms with Crippen molar-refractivity contribution in [1.29, 1.82) is 0 Å². The summed E-state index contributed by atoms with van der Waals surface area (Å²) in [6.07, 6.45) is 2.52. The Bertz CT molecular complexity index is 456. The lowest BCUT2D eigenvalue weighted by Gasteiger charge is -2.35. The molecule has 1 fully saturated rings. The average molecular weight is 276 g/mol. The van der Waals surface area contributed by atoms with Gasteiger partial charge in [-0.3, -0.25) is 4.90 Å². The van der Waals surface area contributed by atoms with Crippen LogP contribution in [0.15, 0.2) is 18.2 Å². The summed E-state index contributed by atoms with van der Waals surface area (Å²) in [5.74, 6) is 1.77. The first kappa shape index (κ1) is 13.7. The average Bonchev–Trinajstić information content (AvgIpc) is 2.48. The lowest BCUT2D eigenvalue weighted by Crippen LogP contribution is -2.41. The van der Waals surface area contributed by atoms with Gasteiger partial charge in [-0.1, -0.05) is 6.07 Å². The zero-order valence-corrected chi connectivity index (χ0v) is 12.5. The van der Waals surface area contributed by atoms with Crippen molar-refractivity contribution in [3.05, 3.63) is 23.8 Å². The smallest absolute Gasteiger partial charge is 0.161 e. The number of piperidine rings is 1. The molecule has 110 valence electrons. The summed E-state index contributed by atoms with van der Waals surface area (Å²) < 4.78 is 11.2. The van der Waals surface area contributed by atoms with Gasteiger partial charge in [-0.2, -0.15) is 0 Å². The molecule has 20 heavy (non-hydrogen) atoms. The van der Waals surface area contributed by atoms with E-state index in [1.165, 1.54) is 31.5 Å². The number of likely N-dealkylation sites (tertiary alicyclic amines) is 1. The maximum absolute atomic E-state index is 5.66. The summed E-state index contributed by atoms with van der Waals surface area (Å²) in [5.41, 5.74) is 1.30. The summed E-state index contributed by atoms with van der Waals surface area (Å²) in [4.78, 5) is 4.88. The summed E-state index contributed by atoms with van der Waals surface area (Å²) >= 11 is 0. The predicted octanol–water partition coefficient (Wildman–Crippen LogP) is 1.98. The minimum Gasteiger partial charge on any atom is -0.486 e. The summed E-state index contributed by atoms with van der Waals surface area (Å²) in [6, 6.07) is 7.00. The molecule has 2 aliphatic heterocycles. The molecule has 0 radical (unpaired) electrons. The molecular formula is C16H24N2O2. The Morgan fingerprint density at radius 1 is 1.15 bits per heavy atom. The van der Waals surface area contributed by atoms with Crippen molar-refractivity contribution < 1.29 is 9.47 Å². The first-order valence-corrected chi connectivity index (χ1v) is 7.49. The third-order valence-electron chi connectivity index (χ3n) is 4.35. The van der Waals surface area contributed by atoms with E-state index in [0.29, 0.717) is 19.3 Å². The standard InChI is InChI=1S/C16H24N2O2/c1-17-7-5-14(6-8-17)18(2)12-13-3-4-15-16(11-13)20-10-9-19-15/h3-4,11,14H,5-10,12H2,1-2H3. The van der Waals surface area contributed by atoms with Crippen molar-refractivity contribution in [2.45, 2.75) is 25.4 Å². The van der Waals surface area contributed by atoms with Crippen LogP contribution in [0.5, 0.6) is 11.5 Å². The molecule has 0 saturated carbocycles. The van der Waals surface area contributed by atoms with Gasteiger partial charge in [-0.15, -0.1) is 0 Å². The van der Waals surface area contributed by atoms with E-state index in [1.54, 1.807) is 0 Å². The lowest BCUT2D eigenvalue weighted by molar-refractivity contribution is 0.138. The SMILES string of the molecule is CN1CCC(N(C)Cc2ccc3c(c2)OCCO3)CC1. The van der Waals surface area contributed by atoms with Crippen LogP contribution in [0, 0.1) is 0 Å². The minimum atomic E-state index is 0.654. The number of ether oxygens (including phenoxy) is 2. The van der Waals surface area contributed by atoms with E-state index in [1.807, 2.05) is 6.07 Å². The van der Waals surface area contributed by atoms with Crippen LogP contribution >= 0.6 is 0 Å². The first-order valence-electron chi connectivity index (χ1n) is 7.49. The van der Waals surface area contributed by atoms with Crippen LogP contribution in [0.25, 0.3) is 0 Å². The van der Waals surface area contributed by atoms with Crippen molar-refractivity contribution in [3.63, 3.8) is 0 Å². The molecule has 4 nitrogen and oxygen atoms in total. The molecule has 0 bridgehead atoms. The van der Waals surface area contributed by atoms with Crippen LogP contribution in [-0.2, 0) is 6.54 Å². The van der Waals surface area contributed by atoms with Crippen LogP contribution < -0.4 is 9.47 Å². The predicted molar refractivity (Wildman–Crippen MR) is 79.4 cm³/mol. The van der Waals surface area contributed by atoms with Gasteiger partial charge in [0.05, 0.1) is 0 Å².